The van der Waals surface area contributed by atoms with Gasteiger partial charge in [-0.15, -0.1) is 0 Å². The van der Waals surface area contributed by atoms with E-state index in [-0.39, 0.29) is 31.4 Å². The Labute approximate surface area is 141 Å². The van der Waals surface area contributed by atoms with Crippen LogP contribution in [0.1, 0.15) is 30.9 Å². The van der Waals surface area contributed by atoms with Crippen LogP contribution in [0.15, 0.2) is 18.2 Å². The Kier molecular flexibility index (Phi) is 4.03. The van der Waals surface area contributed by atoms with E-state index in [1.165, 1.54) is 0 Å². The molecule has 1 atom stereocenters. The Bertz CT molecular complexity index is 658. The van der Waals surface area contributed by atoms with Crippen molar-refractivity contribution in [3.63, 3.8) is 0 Å². The molecule has 1 aromatic rings. The Morgan fingerprint density at radius 3 is 2.50 bits per heavy atom. The van der Waals surface area contributed by atoms with E-state index >= 15 is 0 Å². The van der Waals surface area contributed by atoms with E-state index < -0.39 is 17.0 Å². The Morgan fingerprint density at radius 1 is 1.33 bits per heavy atom. The van der Waals surface area contributed by atoms with Crippen molar-refractivity contribution in [2.75, 3.05) is 13.2 Å². The number of ether oxygens (including phenoxy) is 2. The number of aliphatic carboxylic acids is 1. The molecule has 2 N–H and O–H groups in total. The summed E-state index contributed by atoms with van der Waals surface area (Å²) in [6, 6.07) is 5.74. The van der Waals surface area contributed by atoms with Gasteiger partial charge in [-0.1, -0.05) is 18.2 Å². The highest BCUT2D eigenvalue weighted by atomic mass is 16.5. The molecular weight excluding hydrogens is 310 g/mol. The minimum atomic E-state index is -0.967. The highest BCUT2D eigenvalue weighted by Gasteiger charge is 2.70. The smallest absolute Gasteiger partial charge is 0.312 e. The van der Waals surface area contributed by atoms with Crippen LogP contribution in [0.4, 0.5) is 0 Å². The first-order chi connectivity index (χ1) is 11.3. The molecule has 3 aliphatic rings. The van der Waals surface area contributed by atoms with E-state index in [0.29, 0.717) is 6.61 Å². The summed E-state index contributed by atoms with van der Waals surface area (Å²) >= 11 is 0. The van der Waals surface area contributed by atoms with Crippen molar-refractivity contribution >= 4 is 11.9 Å². The maximum Gasteiger partial charge on any atom is 0.312 e. The Morgan fingerprint density at radius 2 is 1.96 bits per heavy atom. The zero-order valence-electron chi connectivity index (χ0n) is 14.2. The molecule has 1 aliphatic carbocycles. The van der Waals surface area contributed by atoms with Crippen molar-refractivity contribution in [2.45, 2.75) is 45.3 Å². The quantitative estimate of drug-likeness (QED) is 0.829. The monoisotopic (exact) mass is 333 g/mol. The third-order valence-corrected chi connectivity index (χ3v) is 5.00. The number of fused-ring (bicyclic) bond motifs is 1. The zero-order valence-corrected chi connectivity index (χ0v) is 14.2. The highest BCUT2D eigenvalue weighted by molar-refractivity contribution is 5.92. The van der Waals surface area contributed by atoms with Gasteiger partial charge in [0, 0.05) is 12.8 Å². The van der Waals surface area contributed by atoms with Crippen LogP contribution in [-0.4, -0.2) is 41.8 Å². The predicted octanol–water partition coefficient (Wildman–Crippen LogP) is 1.82. The van der Waals surface area contributed by atoms with Crippen molar-refractivity contribution in [3.8, 4) is 5.75 Å². The molecule has 1 unspecified atom stereocenters. The Hall–Kier alpha value is -2.08. The zero-order chi connectivity index (χ0) is 17.5. The number of rotatable bonds is 6. The van der Waals surface area contributed by atoms with E-state index in [1.807, 2.05) is 39.0 Å². The lowest BCUT2D eigenvalue weighted by atomic mass is 9.62. The second-order valence-corrected chi connectivity index (χ2v) is 7.13. The van der Waals surface area contributed by atoms with Gasteiger partial charge in [0.05, 0.1) is 18.1 Å². The van der Waals surface area contributed by atoms with Crippen LogP contribution in [0.3, 0.4) is 0 Å². The number of aryl methyl sites for hydroxylation is 2. The highest BCUT2D eigenvalue weighted by Crippen LogP contribution is 2.58. The molecule has 130 valence electrons. The van der Waals surface area contributed by atoms with Gasteiger partial charge in [0.2, 0.25) is 0 Å². The van der Waals surface area contributed by atoms with Crippen molar-refractivity contribution < 1.29 is 24.2 Å². The van der Waals surface area contributed by atoms with Crippen molar-refractivity contribution in [1.29, 1.82) is 0 Å². The van der Waals surface area contributed by atoms with Crippen molar-refractivity contribution in [2.24, 2.45) is 5.41 Å². The summed E-state index contributed by atoms with van der Waals surface area (Å²) in [4.78, 5) is 23.7. The topological polar surface area (TPSA) is 84.9 Å². The van der Waals surface area contributed by atoms with Crippen LogP contribution in [0.2, 0.25) is 0 Å². The molecule has 0 aromatic heterocycles. The third kappa shape index (κ3) is 2.65. The third-order valence-electron chi connectivity index (χ3n) is 5.00. The summed E-state index contributed by atoms with van der Waals surface area (Å²) in [5.41, 5.74) is 0.272. The summed E-state index contributed by atoms with van der Waals surface area (Å²) in [5, 5.41) is 12.1. The van der Waals surface area contributed by atoms with E-state index in [2.05, 4.69) is 5.32 Å². The lowest BCUT2D eigenvalue weighted by molar-refractivity contribution is -0.159. The number of nitrogens with one attached hydrogen (secondary N) is 1. The largest absolute Gasteiger partial charge is 0.491 e. The minimum absolute atomic E-state index is 0.114. The fourth-order valence-corrected chi connectivity index (χ4v) is 3.59. The molecule has 0 spiro atoms. The molecule has 2 bridgehead atoms. The van der Waals surface area contributed by atoms with E-state index in [4.69, 9.17) is 9.47 Å². The van der Waals surface area contributed by atoms with Crippen molar-refractivity contribution in [1.82, 2.24) is 5.32 Å². The van der Waals surface area contributed by atoms with Gasteiger partial charge in [0.25, 0.3) is 5.91 Å². The minimum Gasteiger partial charge on any atom is -0.491 e. The average molecular weight is 333 g/mol. The first kappa shape index (κ1) is 16.8. The van der Waals surface area contributed by atoms with Crippen LogP contribution < -0.4 is 10.1 Å². The Balaban J connectivity index is 1.54. The van der Waals surface area contributed by atoms with Crippen LogP contribution in [0, 0.1) is 19.3 Å². The fourth-order valence-electron chi connectivity index (χ4n) is 3.59. The lowest BCUT2D eigenvalue weighted by Gasteiger charge is -2.40. The standard InChI is InChI=1S/C18H23NO5/c1-11-5-4-6-12(2)14(11)23-7-13(3)19-15(20)18-8-17(9-18,10-24-18)16(21)22/h4-6,13H,7-10H2,1-3H3,(H,19,20)(H,21,22). The summed E-state index contributed by atoms with van der Waals surface area (Å²) in [5.74, 6) is -0.285. The van der Waals surface area contributed by atoms with Crippen LogP contribution in [-0.2, 0) is 14.3 Å². The van der Waals surface area contributed by atoms with Gasteiger partial charge in [-0.25, -0.2) is 0 Å². The van der Waals surface area contributed by atoms with Gasteiger partial charge in [0.1, 0.15) is 18.0 Å². The van der Waals surface area contributed by atoms with E-state index in [0.717, 1.165) is 16.9 Å². The number of hydrogen-bond acceptors (Lipinski definition) is 4. The van der Waals surface area contributed by atoms with Gasteiger partial charge >= 0.3 is 5.97 Å². The second kappa shape index (κ2) is 5.77. The SMILES string of the molecule is Cc1cccc(C)c1OCC(C)NC(=O)C12CC(C(=O)O)(CO1)C2. The molecule has 1 aromatic carbocycles. The molecule has 0 radical (unpaired) electrons. The number of para-hydroxylation sites is 1. The number of carboxylic acid groups (broad SMARTS) is 1. The lowest BCUT2D eigenvalue weighted by Crippen LogP contribution is -2.58. The van der Waals surface area contributed by atoms with Crippen LogP contribution >= 0.6 is 0 Å². The summed E-state index contributed by atoms with van der Waals surface area (Å²) < 4.78 is 11.4. The van der Waals surface area contributed by atoms with Gasteiger partial charge < -0.3 is 19.9 Å². The summed E-state index contributed by atoms with van der Waals surface area (Å²) in [7, 11) is 0. The van der Waals surface area contributed by atoms with Gasteiger partial charge in [0.15, 0.2) is 0 Å². The first-order valence-corrected chi connectivity index (χ1v) is 8.15. The van der Waals surface area contributed by atoms with Gasteiger partial charge in [-0.2, -0.15) is 0 Å². The predicted molar refractivity (Wildman–Crippen MR) is 87.0 cm³/mol. The number of carboxylic acids is 1. The van der Waals surface area contributed by atoms with E-state index in [1.54, 1.807) is 0 Å². The molecule has 6 nitrogen and oxygen atoms in total. The average Bonchev–Trinajstić information content (AvgIpc) is 3.04. The number of carbonyl (C=O) groups excluding carboxylic acids is 1. The molecule has 24 heavy (non-hydrogen) atoms. The number of hydrogen-bond donors (Lipinski definition) is 2. The van der Waals surface area contributed by atoms with Gasteiger partial charge in [-0.3, -0.25) is 9.59 Å². The molecule has 3 fully saturated rings. The van der Waals surface area contributed by atoms with E-state index in [9.17, 15) is 14.7 Å². The molecule has 2 aliphatic heterocycles. The first-order valence-electron chi connectivity index (χ1n) is 8.15. The normalized spacial score (nSPS) is 28.8. The maximum atomic E-state index is 12.4. The van der Waals surface area contributed by atoms with Crippen LogP contribution in [0.5, 0.6) is 5.75 Å². The molecule has 2 saturated heterocycles. The second-order valence-electron chi connectivity index (χ2n) is 7.13. The number of carbonyl (C=O) groups is 2. The molecule has 6 heteroatoms. The molecule has 4 rings (SSSR count). The number of amides is 1. The van der Waals surface area contributed by atoms with Crippen molar-refractivity contribution in [3.05, 3.63) is 29.3 Å². The maximum absolute atomic E-state index is 12.4. The summed E-state index contributed by atoms with van der Waals surface area (Å²) in [6.07, 6.45) is 0.511. The fraction of sp³-hybridized carbons (Fsp3) is 0.556. The van der Waals surface area contributed by atoms with Gasteiger partial charge in [-0.05, 0) is 31.9 Å². The summed E-state index contributed by atoms with van der Waals surface area (Å²) in [6.45, 7) is 6.29. The molecule has 1 amide bonds. The number of benzene rings is 1. The molecular formula is C18H23NO5. The molecule has 1 saturated carbocycles. The molecule has 2 heterocycles. The van der Waals surface area contributed by atoms with Crippen LogP contribution in [0.25, 0.3) is 0 Å².